The summed E-state index contributed by atoms with van der Waals surface area (Å²) in [6.07, 6.45) is 0.364. The van der Waals surface area contributed by atoms with E-state index in [2.05, 4.69) is 5.43 Å². The molecular weight excluding hydrogens is 234 g/mol. The second kappa shape index (κ2) is 5.85. The van der Waals surface area contributed by atoms with E-state index >= 15 is 0 Å². The molecule has 1 aromatic rings. The van der Waals surface area contributed by atoms with Crippen LogP contribution in [0.15, 0.2) is 23.1 Å². The molecule has 1 rings (SSSR count). The summed E-state index contributed by atoms with van der Waals surface area (Å²) in [5.74, 6) is 5.40. The summed E-state index contributed by atoms with van der Waals surface area (Å²) in [6.45, 7) is 0. The first kappa shape index (κ1) is 12.2. The van der Waals surface area contributed by atoms with Gasteiger partial charge in [0.25, 0.3) is 0 Å². The minimum atomic E-state index is -0.185. The SMILES string of the molecule is NNC(=O)CCSc1ccc(Cl)cc1N. The van der Waals surface area contributed by atoms with Crippen LogP contribution in [0.3, 0.4) is 0 Å². The van der Waals surface area contributed by atoms with Gasteiger partial charge in [0.15, 0.2) is 0 Å². The molecule has 1 amide bonds. The van der Waals surface area contributed by atoms with Crippen molar-refractivity contribution < 1.29 is 4.79 Å². The monoisotopic (exact) mass is 245 g/mol. The number of hydrogen-bond donors (Lipinski definition) is 3. The van der Waals surface area contributed by atoms with Crippen LogP contribution in [0.25, 0.3) is 0 Å². The Labute approximate surface area is 97.3 Å². The first-order valence-corrected chi connectivity index (χ1v) is 5.67. The summed E-state index contributed by atoms with van der Waals surface area (Å²) in [5, 5.41) is 0.608. The Morgan fingerprint density at radius 1 is 1.53 bits per heavy atom. The third kappa shape index (κ3) is 3.99. The fraction of sp³-hybridized carbons (Fsp3) is 0.222. The van der Waals surface area contributed by atoms with Crippen LogP contribution in [0.4, 0.5) is 5.69 Å². The smallest absolute Gasteiger partial charge is 0.234 e. The molecule has 0 aliphatic carbocycles. The van der Waals surface area contributed by atoms with Crippen molar-refractivity contribution >= 4 is 35.0 Å². The zero-order valence-electron chi connectivity index (χ0n) is 8.00. The van der Waals surface area contributed by atoms with E-state index in [9.17, 15) is 4.79 Å². The van der Waals surface area contributed by atoms with Gasteiger partial charge in [-0.15, -0.1) is 11.8 Å². The van der Waals surface area contributed by atoms with Gasteiger partial charge in [-0.3, -0.25) is 10.2 Å². The van der Waals surface area contributed by atoms with Crippen LogP contribution in [0, 0.1) is 0 Å². The molecular formula is C9H12ClN3OS. The third-order valence-corrected chi connectivity index (χ3v) is 3.05. The van der Waals surface area contributed by atoms with E-state index in [1.54, 1.807) is 12.1 Å². The third-order valence-electron chi connectivity index (χ3n) is 1.72. The molecule has 0 aliphatic heterocycles. The molecule has 0 aromatic heterocycles. The Bertz CT molecular complexity index is 359. The van der Waals surface area contributed by atoms with E-state index in [1.165, 1.54) is 11.8 Å². The van der Waals surface area contributed by atoms with Crippen molar-refractivity contribution in [2.45, 2.75) is 11.3 Å². The van der Waals surface area contributed by atoms with Crippen LogP contribution >= 0.6 is 23.4 Å². The zero-order valence-corrected chi connectivity index (χ0v) is 9.57. The highest BCUT2D eigenvalue weighted by molar-refractivity contribution is 7.99. The van der Waals surface area contributed by atoms with E-state index in [0.717, 1.165) is 4.90 Å². The number of carbonyl (C=O) groups excluding carboxylic acids is 1. The molecule has 0 radical (unpaired) electrons. The number of benzene rings is 1. The van der Waals surface area contributed by atoms with Gasteiger partial charge in [0.2, 0.25) is 5.91 Å². The number of nitrogens with one attached hydrogen (secondary N) is 1. The standard InChI is InChI=1S/C9H12ClN3OS/c10-6-1-2-8(7(11)5-6)15-4-3-9(14)13-12/h1-2,5H,3-4,11-12H2,(H,13,14). The lowest BCUT2D eigenvalue weighted by Crippen LogP contribution is -2.30. The van der Waals surface area contributed by atoms with E-state index < -0.39 is 0 Å². The minimum Gasteiger partial charge on any atom is -0.398 e. The van der Waals surface area contributed by atoms with Crippen molar-refractivity contribution in [1.82, 2.24) is 5.43 Å². The van der Waals surface area contributed by atoms with Gasteiger partial charge in [0, 0.05) is 27.8 Å². The highest BCUT2D eigenvalue weighted by Crippen LogP contribution is 2.27. The normalized spacial score (nSPS) is 10.0. The summed E-state index contributed by atoms with van der Waals surface area (Å²) in [6, 6.07) is 5.29. The average Bonchev–Trinajstić information content (AvgIpc) is 2.21. The molecule has 0 saturated carbocycles. The maximum atomic E-state index is 10.8. The molecule has 82 valence electrons. The van der Waals surface area contributed by atoms with Gasteiger partial charge in [0.1, 0.15) is 0 Å². The summed E-state index contributed by atoms with van der Waals surface area (Å²) in [4.78, 5) is 11.8. The van der Waals surface area contributed by atoms with Crippen molar-refractivity contribution in [1.29, 1.82) is 0 Å². The highest BCUT2D eigenvalue weighted by atomic mass is 35.5. The number of nitrogens with two attached hydrogens (primary N) is 2. The van der Waals surface area contributed by atoms with E-state index in [4.69, 9.17) is 23.2 Å². The van der Waals surface area contributed by atoms with Crippen LogP contribution < -0.4 is 17.0 Å². The van der Waals surface area contributed by atoms with Gasteiger partial charge >= 0.3 is 0 Å². The van der Waals surface area contributed by atoms with Gasteiger partial charge < -0.3 is 5.73 Å². The predicted octanol–water partition coefficient (Wildman–Crippen LogP) is 1.39. The van der Waals surface area contributed by atoms with E-state index in [0.29, 0.717) is 22.9 Å². The van der Waals surface area contributed by atoms with Gasteiger partial charge in [0.05, 0.1) is 0 Å². The van der Waals surface area contributed by atoms with Crippen LogP contribution in [0.2, 0.25) is 5.02 Å². The number of hydrazine groups is 1. The van der Waals surface area contributed by atoms with Crippen molar-refractivity contribution in [3.8, 4) is 0 Å². The first-order valence-electron chi connectivity index (χ1n) is 4.30. The van der Waals surface area contributed by atoms with Crippen LogP contribution in [-0.4, -0.2) is 11.7 Å². The Hall–Kier alpha value is -0.910. The second-order valence-corrected chi connectivity index (χ2v) is 4.42. The maximum absolute atomic E-state index is 10.8. The zero-order chi connectivity index (χ0) is 11.3. The van der Waals surface area contributed by atoms with Crippen LogP contribution in [-0.2, 0) is 4.79 Å². The van der Waals surface area contributed by atoms with Crippen molar-refractivity contribution in [3.05, 3.63) is 23.2 Å². The lowest BCUT2D eigenvalue weighted by atomic mass is 10.3. The largest absolute Gasteiger partial charge is 0.398 e. The van der Waals surface area contributed by atoms with Crippen LogP contribution in [0.5, 0.6) is 0 Å². The molecule has 5 N–H and O–H groups in total. The molecule has 0 spiro atoms. The molecule has 6 heteroatoms. The highest BCUT2D eigenvalue weighted by Gasteiger charge is 2.03. The summed E-state index contributed by atoms with van der Waals surface area (Å²) >= 11 is 7.25. The lowest BCUT2D eigenvalue weighted by molar-refractivity contribution is -0.120. The number of hydrogen-bond acceptors (Lipinski definition) is 4. The van der Waals surface area contributed by atoms with Gasteiger partial charge in [-0.25, -0.2) is 5.84 Å². The quantitative estimate of drug-likeness (QED) is 0.246. The Morgan fingerprint density at radius 2 is 2.27 bits per heavy atom. The molecule has 0 saturated heterocycles. The van der Waals surface area contributed by atoms with Gasteiger partial charge in [-0.05, 0) is 18.2 Å². The number of nitrogen functional groups attached to an aromatic ring is 1. The van der Waals surface area contributed by atoms with Crippen molar-refractivity contribution in [2.24, 2.45) is 5.84 Å². The maximum Gasteiger partial charge on any atom is 0.234 e. The molecule has 0 heterocycles. The first-order chi connectivity index (χ1) is 7.13. The second-order valence-electron chi connectivity index (χ2n) is 2.85. The number of anilines is 1. The van der Waals surface area contributed by atoms with Gasteiger partial charge in [-0.2, -0.15) is 0 Å². The van der Waals surface area contributed by atoms with Gasteiger partial charge in [-0.1, -0.05) is 11.6 Å². The molecule has 0 aliphatic rings. The summed E-state index contributed by atoms with van der Waals surface area (Å²) in [7, 11) is 0. The Kier molecular flexibility index (Phi) is 4.74. The predicted molar refractivity (Wildman–Crippen MR) is 63.5 cm³/mol. The number of rotatable bonds is 4. The number of thioether (sulfide) groups is 1. The fourth-order valence-corrected chi connectivity index (χ4v) is 2.05. The number of halogens is 1. The fourth-order valence-electron chi connectivity index (χ4n) is 0.977. The van der Waals surface area contributed by atoms with E-state index in [-0.39, 0.29) is 5.91 Å². The topological polar surface area (TPSA) is 81.1 Å². The number of amides is 1. The van der Waals surface area contributed by atoms with Crippen molar-refractivity contribution in [3.63, 3.8) is 0 Å². The molecule has 15 heavy (non-hydrogen) atoms. The van der Waals surface area contributed by atoms with E-state index in [1.807, 2.05) is 6.07 Å². The molecule has 0 unspecified atom stereocenters. The number of carbonyl (C=O) groups is 1. The summed E-state index contributed by atoms with van der Waals surface area (Å²) in [5.41, 5.74) is 8.44. The average molecular weight is 246 g/mol. The molecule has 0 bridgehead atoms. The minimum absolute atomic E-state index is 0.185. The lowest BCUT2D eigenvalue weighted by Gasteiger charge is -2.05. The molecule has 4 nitrogen and oxygen atoms in total. The summed E-state index contributed by atoms with van der Waals surface area (Å²) < 4.78 is 0. The Morgan fingerprint density at radius 3 is 2.87 bits per heavy atom. The van der Waals surface area contributed by atoms with Crippen LogP contribution in [0.1, 0.15) is 6.42 Å². The molecule has 0 fully saturated rings. The Balaban J connectivity index is 2.47. The van der Waals surface area contributed by atoms with Crippen molar-refractivity contribution in [2.75, 3.05) is 11.5 Å². The molecule has 1 aromatic carbocycles. The molecule has 0 atom stereocenters.